The van der Waals surface area contributed by atoms with Crippen LogP contribution in [0.2, 0.25) is 0 Å². The van der Waals surface area contributed by atoms with Gasteiger partial charge in [0.15, 0.2) is 0 Å². The van der Waals surface area contributed by atoms with E-state index in [0.29, 0.717) is 21.9 Å². The van der Waals surface area contributed by atoms with Crippen LogP contribution in [0.1, 0.15) is 10.4 Å². The Bertz CT molecular complexity index is 1630. The van der Waals surface area contributed by atoms with Crippen LogP contribution >= 0.6 is 0 Å². The minimum atomic E-state index is -0.892. The number of hydrogen-bond donors (Lipinski definition) is 0. The molecule has 2 aromatic heterocycles. The number of halogens is 1. The van der Waals surface area contributed by atoms with Crippen molar-refractivity contribution in [1.82, 2.24) is 0 Å². The molecule has 0 amide bonds. The average molecular weight is 428 g/mol. The Morgan fingerprint density at radius 2 is 1.56 bits per heavy atom. The van der Waals surface area contributed by atoms with E-state index in [9.17, 15) is 18.8 Å². The summed E-state index contributed by atoms with van der Waals surface area (Å²) in [4.78, 5) is 37.1. The van der Waals surface area contributed by atoms with Crippen molar-refractivity contribution in [2.24, 2.45) is 0 Å². The van der Waals surface area contributed by atoms with Crippen molar-refractivity contribution in [3.63, 3.8) is 0 Å². The van der Waals surface area contributed by atoms with E-state index < -0.39 is 23.0 Å². The van der Waals surface area contributed by atoms with Gasteiger partial charge in [-0.15, -0.1) is 0 Å². The molecule has 0 unspecified atom stereocenters. The van der Waals surface area contributed by atoms with E-state index in [1.54, 1.807) is 36.4 Å². The summed E-state index contributed by atoms with van der Waals surface area (Å²) in [6.07, 6.45) is 0. The maximum absolute atomic E-state index is 13.8. The zero-order valence-electron chi connectivity index (χ0n) is 16.3. The molecular weight excluding hydrogens is 415 g/mol. The molecule has 0 saturated carbocycles. The fourth-order valence-corrected chi connectivity index (χ4v) is 3.47. The summed E-state index contributed by atoms with van der Waals surface area (Å²) in [7, 11) is 0. The van der Waals surface area contributed by atoms with Crippen LogP contribution in [0.4, 0.5) is 4.39 Å². The Hall–Kier alpha value is -4.52. The van der Waals surface area contributed by atoms with Crippen LogP contribution in [0.15, 0.2) is 97.3 Å². The fraction of sp³-hybridized carbons (Fsp3) is 0. The standard InChI is InChI=1S/C25H13FO6/c26-20-7-3-2-6-17(20)24(28)30-15-9-10-16-18(13-23(27)31-22(16)12-15)19-11-14-5-1-4-8-21(14)32-25(19)29/h1-13H. The molecule has 32 heavy (non-hydrogen) atoms. The van der Waals surface area contributed by atoms with Gasteiger partial charge >= 0.3 is 17.2 Å². The minimum Gasteiger partial charge on any atom is -0.423 e. The van der Waals surface area contributed by atoms with Crippen molar-refractivity contribution in [3.05, 3.63) is 111 Å². The topological polar surface area (TPSA) is 86.7 Å². The predicted octanol–water partition coefficient (Wildman–Crippen LogP) is 4.92. The highest BCUT2D eigenvalue weighted by molar-refractivity contribution is 5.96. The first-order valence-electron chi connectivity index (χ1n) is 9.57. The maximum atomic E-state index is 13.8. The molecule has 2 heterocycles. The van der Waals surface area contributed by atoms with Gasteiger partial charge in [0.1, 0.15) is 22.7 Å². The Kier molecular flexibility index (Phi) is 4.63. The number of ether oxygens (including phenoxy) is 1. The normalized spacial score (nSPS) is 11.0. The SMILES string of the molecule is O=C(Oc1ccc2c(-c3cc4ccccc4oc3=O)cc(=O)oc2c1)c1ccccc1F. The maximum Gasteiger partial charge on any atom is 0.346 e. The molecule has 0 spiro atoms. The van der Waals surface area contributed by atoms with Crippen LogP contribution in [0.3, 0.4) is 0 Å². The lowest BCUT2D eigenvalue weighted by molar-refractivity contribution is 0.0730. The summed E-state index contributed by atoms with van der Waals surface area (Å²) >= 11 is 0. The summed E-state index contributed by atoms with van der Waals surface area (Å²) in [5.41, 5.74) is -0.491. The largest absolute Gasteiger partial charge is 0.423 e. The number of para-hydroxylation sites is 1. The van der Waals surface area contributed by atoms with Gasteiger partial charge in [-0.1, -0.05) is 30.3 Å². The summed E-state index contributed by atoms with van der Waals surface area (Å²) in [5.74, 6) is -1.55. The van der Waals surface area contributed by atoms with E-state index in [4.69, 9.17) is 13.6 Å². The summed E-state index contributed by atoms with van der Waals surface area (Å²) in [6, 6.07) is 19.6. The molecule has 156 valence electrons. The van der Waals surface area contributed by atoms with Gasteiger partial charge in [0.05, 0.1) is 11.1 Å². The van der Waals surface area contributed by atoms with E-state index in [1.165, 1.54) is 36.4 Å². The highest BCUT2D eigenvalue weighted by Crippen LogP contribution is 2.30. The predicted molar refractivity (Wildman–Crippen MR) is 115 cm³/mol. The smallest absolute Gasteiger partial charge is 0.346 e. The number of rotatable bonds is 3. The lowest BCUT2D eigenvalue weighted by Crippen LogP contribution is -2.10. The summed E-state index contributed by atoms with van der Waals surface area (Å²) < 4.78 is 29.7. The van der Waals surface area contributed by atoms with Crippen molar-refractivity contribution in [1.29, 1.82) is 0 Å². The minimum absolute atomic E-state index is 0.0524. The van der Waals surface area contributed by atoms with Crippen molar-refractivity contribution >= 4 is 27.9 Å². The number of carbonyl (C=O) groups is 1. The van der Waals surface area contributed by atoms with Gasteiger partial charge in [0, 0.05) is 28.5 Å². The van der Waals surface area contributed by atoms with Gasteiger partial charge < -0.3 is 13.6 Å². The van der Waals surface area contributed by atoms with Crippen molar-refractivity contribution in [2.45, 2.75) is 0 Å². The Balaban J connectivity index is 1.60. The molecule has 7 heteroatoms. The zero-order valence-corrected chi connectivity index (χ0v) is 16.3. The molecule has 0 aliphatic carbocycles. The van der Waals surface area contributed by atoms with Crippen LogP contribution in [0.5, 0.6) is 5.75 Å². The number of esters is 1. The molecule has 0 saturated heterocycles. The molecule has 5 rings (SSSR count). The average Bonchev–Trinajstić information content (AvgIpc) is 2.78. The fourth-order valence-electron chi connectivity index (χ4n) is 3.47. The Morgan fingerprint density at radius 1 is 0.781 bits per heavy atom. The first-order valence-corrected chi connectivity index (χ1v) is 9.57. The Morgan fingerprint density at radius 3 is 2.41 bits per heavy atom. The van der Waals surface area contributed by atoms with Crippen LogP contribution in [-0.4, -0.2) is 5.97 Å². The van der Waals surface area contributed by atoms with Gasteiger partial charge in [-0.3, -0.25) is 0 Å². The van der Waals surface area contributed by atoms with Gasteiger partial charge in [-0.25, -0.2) is 18.8 Å². The monoisotopic (exact) mass is 428 g/mol. The number of carbonyl (C=O) groups excluding carboxylic acids is 1. The second-order valence-electron chi connectivity index (χ2n) is 6.99. The molecule has 0 aliphatic heterocycles. The number of fused-ring (bicyclic) bond motifs is 2. The molecule has 0 atom stereocenters. The van der Waals surface area contributed by atoms with E-state index in [-0.39, 0.29) is 22.5 Å². The summed E-state index contributed by atoms with van der Waals surface area (Å²) in [6.45, 7) is 0. The third kappa shape index (κ3) is 3.45. The lowest BCUT2D eigenvalue weighted by Gasteiger charge is -2.08. The molecule has 0 aliphatic rings. The van der Waals surface area contributed by atoms with Crippen LogP contribution in [0, 0.1) is 5.82 Å². The molecule has 0 N–H and O–H groups in total. The summed E-state index contributed by atoms with van der Waals surface area (Å²) in [5, 5.41) is 1.14. The molecule has 0 radical (unpaired) electrons. The second-order valence-corrected chi connectivity index (χ2v) is 6.99. The van der Waals surface area contributed by atoms with Crippen molar-refractivity contribution < 1.29 is 22.8 Å². The van der Waals surface area contributed by atoms with Gasteiger partial charge in [-0.2, -0.15) is 0 Å². The first kappa shape index (κ1) is 19.4. The van der Waals surface area contributed by atoms with Crippen molar-refractivity contribution in [2.75, 3.05) is 0 Å². The quantitative estimate of drug-likeness (QED) is 0.230. The van der Waals surface area contributed by atoms with Gasteiger partial charge in [0.25, 0.3) is 0 Å². The van der Waals surface area contributed by atoms with E-state index in [2.05, 4.69) is 0 Å². The van der Waals surface area contributed by atoms with E-state index >= 15 is 0 Å². The number of hydrogen-bond acceptors (Lipinski definition) is 6. The molecule has 6 nitrogen and oxygen atoms in total. The highest BCUT2D eigenvalue weighted by atomic mass is 19.1. The molecule has 3 aromatic carbocycles. The third-order valence-corrected chi connectivity index (χ3v) is 4.95. The third-order valence-electron chi connectivity index (χ3n) is 4.95. The van der Waals surface area contributed by atoms with Crippen LogP contribution in [-0.2, 0) is 0 Å². The number of benzene rings is 3. The van der Waals surface area contributed by atoms with Gasteiger partial charge in [-0.05, 0) is 36.4 Å². The molecular formula is C25H13FO6. The molecule has 5 aromatic rings. The van der Waals surface area contributed by atoms with Gasteiger partial charge in [0.2, 0.25) is 0 Å². The zero-order chi connectivity index (χ0) is 22.2. The van der Waals surface area contributed by atoms with Crippen LogP contribution in [0.25, 0.3) is 33.1 Å². The molecule has 0 fully saturated rings. The molecule has 0 bridgehead atoms. The van der Waals surface area contributed by atoms with Crippen molar-refractivity contribution in [3.8, 4) is 16.9 Å². The van der Waals surface area contributed by atoms with Crippen LogP contribution < -0.4 is 16.0 Å². The lowest BCUT2D eigenvalue weighted by atomic mass is 10.0. The second kappa shape index (κ2) is 7.63. The highest BCUT2D eigenvalue weighted by Gasteiger charge is 2.17. The first-order chi connectivity index (χ1) is 15.5. The van der Waals surface area contributed by atoms with E-state index in [1.807, 2.05) is 0 Å². The van der Waals surface area contributed by atoms with E-state index in [0.717, 1.165) is 6.07 Å². The Labute approximate surface area is 179 Å².